The van der Waals surface area contributed by atoms with E-state index < -0.39 is 21.8 Å². The number of piperazine rings is 1. The number of sulfonamides is 1. The minimum atomic E-state index is -4.07. The normalized spacial score (nSPS) is 14.6. The molecular formula is C23H29FN4O5S. The Morgan fingerprint density at radius 1 is 1.06 bits per heavy atom. The highest BCUT2D eigenvalue weighted by Gasteiger charge is 2.24. The number of carbonyl (C=O) groups is 2. The van der Waals surface area contributed by atoms with E-state index >= 15 is 0 Å². The van der Waals surface area contributed by atoms with Crippen molar-refractivity contribution in [3.05, 3.63) is 53.8 Å². The zero-order valence-corrected chi connectivity index (χ0v) is 19.8. The van der Waals surface area contributed by atoms with E-state index in [4.69, 9.17) is 0 Å². The van der Waals surface area contributed by atoms with Crippen LogP contribution in [0.15, 0.2) is 47.4 Å². The molecule has 1 heterocycles. The monoisotopic (exact) mass is 492 g/mol. The number of aromatic carboxylic acids is 1. The molecule has 11 heteroatoms. The highest BCUT2D eigenvalue weighted by molar-refractivity contribution is 7.92. The number of halogens is 1. The van der Waals surface area contributed by atoms with E-state index in [1.807, 2.05) is 9.80 Å². The summed E-state index contributed by atoms with van der Waals surface area (Å²) in [7, 11) is -4.07. The van der Waals surface area contributed by atoms with E-state index in [-0.39, 0.29) is 22.1 Å². The van der Waals surface area contributed by atoms with Gasteiger partial charge in [0.2, 0.25) is 5.91 Å². The van der Waals surface area contributed by atoms with E-state index in [9.17, 15) is 27.5 Å². The van der Waals surface area contributed by atoms with Gasteiger partial charge in [0.1, 0.15) is 5.82 Å². The van der Waals surface area contributed by atoms with Crippen molar-refractivity contribution in [3.8, 4) is 0 Å². The lowest BCUT2D eigenvalue weighted by Gasteiger charge is -2.36. The fourth-order valence-electron chi connectivity index (χ4n) is 3.65. The summed E-state index contributed by atoms with van der Waals surface area (Å²) < 4.78 is 41.4. The third-order valence-corrected chi connectivity index (χ3v) is 6.93. The number of unbranched alkanes of at least 4 members (excludes halogenated alkanes) is 1. The molecule has 0 atom stereocenters. The maximum absolute atomic E-state index is 13.2. The van der Waals surface area contributed by atoms with E-state index in [0.29, 0.717) is 45.0 Å². The van der Waals surface area contributed by atoms with Crippen molar-refractivity contribution in [3.63, 3.8) is 0 Å². The Morgan fingerprint density at radius 2 is 1.74 bits per heavy atom. The van der Waals surface area contributed by atoms with Crippen LogP contribution in [0.2, 0.25) is 0 Å². The molecule has 0 spiro atoms. The van der Waals surface area contributed by atoms with Crippen LogP contribution in [0.4, 0.5) is 15.8 Å². The summed E-state index contributed by atoms with van der Waals surface area (Å²) >= 11 is 0. The van der Waals surface area contributed by atoms with Crippen LogP contribution in [0.1, 0.15) is 30.1 Å². The largest absolute Gasteiger partial charge is 0.478 e. The summed E-state index contributed by atoms with van der Waals surface area (Å²) in [6, 6.07) is 8.62. The van der Waals surface area contributed by atoms with Crippen molar-refractivity contribution in [2.75, 3.05) is 48.9 Å². The van der Waals surface area contributed by atoms with Crippen molar-refractivity contribution in [1.29, 1.82) is 0 Å². The maximum atomic E-state index is 13.2. The number of anilines is 2. The van der Waals surface area contributed by atoms with Crippen LogP contribution in [0.25, 0.3) is 0 Å². The number of nitrogens with zero attached hydrogens (tertiary/aromatic N) is 2. The van der Waals surface area contributed by atoms with Crippen LogP contribution in [0.3, 0.4) is 0 Å². The van der Waals surface area contributed by atoms with Gasteiger partial charge in [-0.25, -0.2) is 17.6 Å². The Balaban J connectivity index is 1.74. The summed E-state index contributed by atoms with van der Waals surface area (Å²) in [6.07, 6.45) is 1.94. The Labute approximate surface area is 198 Å². The van der Waals surface area contributed by atoms with E-state index in [1.54, 1.807) is 6.07 Å². The molecule has 0 bridgehead atoms. The molecule has 0 unspecified atom stereocenters. The van der Waals surface area contributed by atoms with Crippen molar-refractivity contribution in [2.45, 2.75) is 24.7 Å². The van der Waals surface area contributed by atoms with Crippen molar-refractivity contribution >= 4 is 33.3 Å². The summed E-state index contributed by atoms with van der Waals surface area (Å²) in [5, 5.41) is 12.3. The molecule has 34 heavy (non-hydrogen) atoms. The Morgan fingerprint density at radius 3 is 2.35 bits per heavy atom. The third kappa shape index (κ3) is 6.67. The number of carboxylic acids is 1. The molecule has 2 aromatic rings. The van der Waals surface area contributed by atoms with Crippen molar-refractivity contribution < 1.29 is 27.5 Å². The predicted octanol–water partition coefficient (Wildman–Crippen LogP) is 2.36. The lowest BCUT2D eigenvalue weighted by molar-refractivity contribution is -0.122. The lowest BCUT2D eigenvalue weighted by atomic mass is 10.1. The average Bonchev–Trinajstić information content (AvgIpc) is 2.80. The van der Waals surface area contributed by atoms with Crippen LogP contribution in [0, 0.1) is 5.82 Å². The average molecular weight is 493 g/mol. The van der Waals surface area contributed by atoms with Gasteiger partial charge in [-0.3, -0.25) is 14.4 Å². The van der Waals surface area contributed by atoms with Crippen LogP contribution >= 0.6 is 0 Å². The van der Waals surface area contributed by atoms with Crippen LogP contribution in [-0.2, 0) is 14.8 Å². The minimum absolute atomic E-state index is 0.0274. The number of hydrogen-bond donors (Lipinski definition) is 3. The second kappa shape index (κ2) is 11.3. The molecule has 184 valence electrons. The van der Waals surface area contributed by atoms with Crippen LogP contribution in [-0.4, -0.2) is 69.6 Å². The fourth-order valence-corrected chi connectivity index (χ4v) is 4.72. The Hall–Kier alpha value is -3.18. The highest BCUT2D eigenvalue weighted by atomic mass is 32.2. The first-order chi connectivity index (χ1) is 16.2. The molecule has 3 rings (SSSR count). The predicted molar refractivity (Wildman–Crippen MR) is 127 cm³/mol. The Kier molecular flexibility index (Phi) is 8.46. The number of nitrogens with one attached hydrogen (secondary N) is 2. The van der Waals surface area contributed by atoms with E-state index in [2.05, 4.69) is 17.0 Å². The second-order valence-electron chi connectivity index (χ2n) is 8.06. The smallest absolute Gasteiger partial charge is 0.335 e. The molecule has 1 saturated heterocycles. The van der Waals surface area contributed by atoms with Crippen LogP contribution in [0.5, 0.6) is 0 Å². The van der Waals surface area contributed by atoms with Gasteiger partial charge in [-0.2, -0.15) is 0 Å². The van der Waals surface area contributed by atoms with Gasteiger partial charge in [0.05, 0.1) is 28.4 Å². The van der Waals surface area contributed by atoms with Gasteiger partial charge in [0.25, 0.3) is 10.0 Å². The van der Waals surface area contributed by atoms with Gasteiger partial charge in [-0.1, -0.05) is 13.3 Å². The topological polar surface area (TPSA) is 119 Å². The number of carbonyl (C=O) groups excluding carboxylic acids is 1. The molecule has 0 aromatic heterocycles. The molecule has 1 amide bonds. The molecule has 0 radical (unpaired) electrons. The number of amides is 1. The second-order valence-corrected chi connectivity index (χ2v) is 9.75. The standard InChI is InChI=1S/C23H29FN4O5S/c1-2-3-10-25-22(29)16-27-11-13-28(14-12-27)21-9-4-17(23(30)31)15-20(21)26-34(32,33)19-7-5-18(24)6-8-19/h4-9,15,26H,2-3,10-14,16H2,1H3,(H,25,29)(H,30,31). The molecule has 2 aromatic carbocycles. The summed E-state index contributed by atoms with van der Waals surface area (Å²) in [4.78, 5) is 27.4. The highest BCUT2D eigenvalue weighted by Crippen LogP contribution is 2.30. The van der Waals surface area contributed by atoms with Crippen molar-refractivity contribution in [1.82, 2.24) is 10.2 Å². The molecule has 0 saturated carbocycles. The number of rotatable bonds is 10. The first kappa shape index (κ1) is 25.4. The first-order valence-corrected chi connectivity index (χ1v) is 12.6. The number of benzene rings is 2. The molecule has 9 nitrogen and oxygen atoms in total. The Bertz CT molecular complexity index is 1120. The molecule has 1 aliphatic heterocycles. The molecule has 3 N–H and O–H groups in total. The quantitative estimate of drug-likeness (QED) is 0.436. The third-order valence-electron chi connectivity index (χ3n) is 5.54. The number of carboxylic acid groups (broad SMARTS) is 1. The summed E-state index contributed by atoms with van der Waals surface area (Å²) in [6.45, 7) is 5.24. The minimum Gasteiger partial charge on any atom is -0.478 e. The van der Waals surface area contributed by atoms with Gasteiger partial charge in [-0.05, 0) is 48.9 Å². The maximum Gasteiger partial charge on any atom is 0.335 e. The number of hydrogen-bond acceptors (Lipinski definition) is 6. The molecular weight excluding hydrogens is 463 g/mol. The van der Waals surface area contributed by atoms with Gasteiger partial charge in [0.15, 0.2) is 0 Å². The van der Waals surface area contributed by atoms with Gasteiger partial charge in [-0.15, -0.1) is 0 Å². The van der Waals surface area contributed by atoms with Gasteiger partial charge < -0.3 is 15.3 Å². The van der Waals surface area contributed by atoms with E-state index in [0.717, 1.165) is 37.1 Å². The summed E-state index contributed by atoms with van der Waals surface area (Å²) in [5.74, 6) is -1.78. The molecule has 1 aliphatic rings. The van der Waals surface area contributed by atoms with Crippen molar-refractivity contribution in [2.24, 2.45) is 0 Å². The molecule has 1 fully saturated rings. The van der Waals surface area contributed by atoms with Gasteiger partial charge in [0, 0.05) is 32.7 Å². The molecule has 0 aliphatic carbocycles. The first-order valence-electron chi connectivity index (χ1n) is 11.1. The van der Waals surface area contributed by atoms with Gasteiger partial charge >= 0.3 is 5.97 Å². The zero-order chi connectivity index (χ0) is 24.7. The van der Waals surface area contributed by atoms with E-state index in [1.165, 1.54) is 12.1 Å². The zero-order valence-electron chi connectivity index (χ0n) is 19.0. The lowest BCUT2D eigenvalue weighted by Crippen LogP contribution is -2.49. The van der Waals surface area contributed by atoms with Crippen LogP contribution < -0.4 is 14.9 Å². The SMILES string of the molecule is CCCCNC(=O)CN1CCN(c2ccc(C(=O)O)cc2NS(=O)(=O)c2ccc(F)cc2)CC1. The summed E-state index contributed by atoms with van der Waals surface area (Å²) in [5.41, 5.74) is 0.584. The fraction of sp³-hybridized carbons (Fsp3) is 0.391.